The predicted molar refractivity (Wildman–Crippen MR) is 117 cm³/mol. The second kappa shape index (κ2) is 9.67. The average Bonchev–Trinajstić information content (AvgIpc) is 2.70. The number of rotatable bonds is 6. The summed E-state index contributed by atoms with van der Waals surface area (Å²) < 4.78 is 27.2. The first-order valence-corrected chi connectivity index (χ1v) is 11.9. The van der Waals surface area contributed by atoms with Crippen LogP contribution in [0.2, 0.25) is 15.1 Å². The molecular formula is C20H21Cl3N2O3S. The Morgan fingerprint density at radius 2 is 1.72 bits per heavy atom. The van der Waals surface area contributed by atoms with E-state index in [4.69, 9.17) is 34.8 Å². The molecule has 29 heavy (non-hydrogen) atoms. The first-order valence-electron chi connectivity index (χ1n) is 9.19. The minimum atomic E-state index is -3.65. The van der Waals surface area contributed by atoms with Crippen LogP contribution in [0, 0.1) is 5.92 Å². The number of sulfonamides is 1. The SMILES string of the molecule is O=C(NCc1ccc(Cl)cc1)C1CCCN(S(=O)(=O)Cc2c(Cl)cccc2Cl)C1. The molecule has 0 spiro atoms. The minimum Gasteiger partial charge on any atom is -0.352 e. The van der Waals surface area contributed by atoms with E-state index in [1.807, 2.05) is 12.1 Å². The number of nitrogens with zero attached hydrogens (tertiary/aromatic N) is 1. The van der Waals surface area contributed by atoms with Crippen molar-refractivity contribution in [1.29, 1.82) is 0 Å². The van der Waals surface area contributed by atoms with Crippen LogP contribution >= 0.6 is 34.8 Å². The Labute approximate surface area is 186 Å². The first kappa shape index (κ1) is 22.4. The fourth-order valence-electron chi connectivity index (χ4n) is 3.29. The molecule has 156 valence electrons. The van der Waals surface area contributed by atoms with Gasteiger partial charge in [0.2, 0.25) is 15.9 Å². The number of hydrogen-bond acceptors (Lipinski definition) is 3. The van der Waals surface area contributed by atoms with E-state index >= 15 is 0 Å². The van der Waals surface area contributed by atoms with Crippen LogP contribution in [0.1, 0.15) is 24.0 Å². The van der Waals surface area contributed by atoms with Gasteiger partial charge in [-0.1, -0.05) is 53.0 Å². The van der Waals surface area contributed by atoms with Crippen LogP contribution in [0.3, 0.4) is 0 Å². The molecule has 9 heteroatoms. The van der Waals surface area contributed by atoms with Crippen molar-refractivity contribution < 1.29 is 13.2 Å². The van der Waals surface area contributed by atoms with Gasteiger partial charge < -0.3 is 5.32 Å². The highest BCUT2D eigenvalue weighted by Crippen LogP contribution is 2.29. The molecule has 0 saturated carbocycles. The molecule has 0 aromatic heterocycles. The van der Waals surface area contributed by atoms with Crippen LogP contribution in [0.15, 0.2) is 42.5 Å². The summed E-state index contributed by atoms with van der Waals surface area (Å²) in [5.41, 5.74) is 1.31. The lowest BCUT2D eigenvalue weighted by atomic mass is 9.99. The zero-order chi connectivity index (χ0) is 21.0. The summed E-state index contributed by atoms with van der Waals surface area (Å²) in [4.78, 5) is 12.6. The number of nitrogens with one attached hydrogen (secondary N) is 1. The highest BCUT2D eigenvalue weighted by Gasteiger charge is 2.33. The molecule has 1 heterocycles. The largest absolute Gasteiger partial charge is 0.352 e. The van der Waals surface area contributed by atoms with Crippen LogP contribution in [0.25, 0.3) is 0 Å². The summed E-state index contributed by atoms with van der Waals surface area (Å²) in [6.07, 6.45) is 1.26. The van der Waals surface area contributed by atoms with E-state index in [0.717, 1.165) is 5.56 Å². The van der Waals surface area contributed by atoms with Gasteiger partial charge in [-0.2, -0.15) is 0 Å². The molecule has 1 saturated heterocycles. The molecule has 0 bridgehead atoms. The molecule has 5 nitrogen and oxygen atoms in total. The predicted octanol–water partition coefficient (Wildman–Crippen LogP) is 4.51. The number of piperidine rings is 1. The van der Waals surface area contributed by atoms with E-state index in [1.54, 1.807) is 30.3 Å². The van der Waals surface area contributed by atoms with E-state index in [2.05, 4.69) is 5.32 Å². The summed E-state index contributed by atoms with van der Waals surface area (Å²) in [7, 11) is -3.65. The van der Waals surface area contributed by atoms with Gasteiger partial charge in [-0.05, 0) is 42.7 Å². The van der Waals surface area contributed by atoms with Crippen LogP contribution in [0.4, 0.5) is 0 Å². The van der Waals surface area contributed by atoms with Gasteiger partial charge in [0.05, 0.1) is 11.7 Å². The van der Waals surface area contributed by atoms with E-state index < -0.39 is 15.9 Å². The van der Waals surface area contributed by atoms with Crippen molar-refractivity contribution in [2.75, 3.05) is 13.1 Å². The molecule has 1 aliphatic rings. The van der Waals surface area contributed by atoms with Crippen molar-refractivity contribution in [2.24, 2.45) is 5.92 Å². The number of carbonyl (C=O) groups is 1. The third kappa shape index (κ3) is 5.86. The normalized spacial score (nSPS) is 17.8. The molecule has 0 radical (unpaired) electrons. The van der Waals surface area contributed by atoms with Crippen molar-refractivity contribution in [2.45, 2.75) is 25.1 Å². The van der Waals surface area contributed by atoms with E-state index in [-0.39, 0.29) is 18.2 Å². The van der Waals surface area contributed by atoms with Gasteiger partial charge in [0.25, 0.3) is 0 Å². The van der Waals surface area contributed by atoms with Crippen LogP contribution in [0.5, 0.6) is 0 Å². The number of halogens is 3. The van der Waals surface area contributed by atoms with E-state index in [9.17, 15) is 13.2 Å². The van der Waals surface area contributed by atoms with E-state index in [0.29, 0.717) is 46.6 Å². The maximum atomic E-state index is 12.9. The van der Waals surface area contributed by atoms with E-state index in [1.165, 1.54) is 4.31 Å². The van der Waals surface area contributed by atoms with Gasteiger partial charge in [-0.3, -0.25) is 4.79 Å². The van der Waals surface area contributed by atoms with Crippen molar-refractivity contribution in [3.63, 3.8) is 0 Å². The smallest absolute Gasteiger partial charge is 0.224 e. The van der Waals surface area contributed by atoms with Crippen LogP contribution in [-0.2, 0) is 27.1 Å². The lowest BCUT2D eigenvalue weighted by Crippen LogP contribution is -2.45. The monoisotopic (exact) mass is 474 g/mol. The Morgan fingerprint density at radius 1 is 1.07 bits per heavy atom. The average molecular weight is 476 g/mol. The highest BCUT2D eigenvalue weighted by atomic mass is 35.5. The number of amides is 1. The molecule has 0 aliphatic carbocycles. The van der Waals surface area contributed by atoms with Gasteiger partial charge in [0.1, 0.15) is 0 Å². The molecule has 2 aromatic rings. The number of benzene rings is 2. The fraction of sp³-hybridized carbons (Fsp3) is 0.350. The first-order chi connectivity index (χ1) is 13.8. The van der Waals surface area contributed by atoms with Gasteiger partial charge in [-0.15, -0.1) is 0 Å². The second-order valence-corrected chi connectivity index (χ2v) is 10.2. The third-order valence-electron chi connectivity index (χ3n) is 4.92. The summed E-state index contributed by atoms with van der Waals surface area (Å²) in [5.74, 6) is -0.840. The van der Waals surface area contributed by atoms with Gasteiger partial charge in [0, 0.05) is 40.3 Å². The topological polar surface area (TPSA) is 66.5 Å². The molecular weight excluding hydrogens is 455 g/mol. The van der Waals surface area contributed by atoms with Crippen LogP contribution in [-0.4, -0.2) is 31.7 Å². The lowest BCUT2D eigenvalue weighted by Gasteiger charge is -2.31. The summed E-state index contributed by atoms with van der Waals surface area (Å²) >= 11 is 18.1. The highest BCUT2D eigenvalue weighted by molar-refractivity contribution is 7.88. The zero-order valence-corrected chi connectivity index (χ0v) is 18.7. The maximum absolute atomic E-state index is 12.9. The standard InChI is InChI=1S/C20H21Cl3N2O3S/c21-16-8-6-14(7-9-16)11-24-20(26)15-3-2-10-25(12-15)29(27,28)13-17-18(22)4-1-5-19(17)23/h1,4-9,15H,2-3,10-13H2,(H,24,26). The van der Waals surface area contributed by atoms with Crippen molar-refractivity contribution in [1.82, 2.24) is 9.62 Å². The zero-order valence-electron chi connectivity index (χ0n) is 15.6. The Hall–Kier alpha value is -1.31. The van der Waals surface area contributed by atoms with Gasteiger partial charge in [-0.25, -0.2) is 12.7 Å². The fourth-order valence-corrected chi connectivity index (χ4v) is 5.78. The summed E-state index contributed by atoms with van der Waals surface area (Å²) in [5, 5.41) is 4.14. The molecule has 1 aliphatic heterocycles. The second-order valence-electron chi connectivity index (χ2n) is 7.00. The molecule has 1 fully saturated rings. The number of carbonyl (C=O) groups excluding carboxylic acids is 1. The van der Waals surface area contributed by atoms with Crippen molar-refractivity contribution >= 4 is 50.7 Å². The lowest BCUT2D eigenvalue weighted by molar-refractivity contribution is -0.126. The molecule has 1 N–H and O–H groups in total. The Balaban J connectivity index is 1.63. The summed E-state index contributed by atoms with van der Waals surface area (Å²) in [6, 6.07) is 12.1. The molecule has 1 unspecified atom stereocenters. The van der Waals surface area contributed by atoms with Crippen molar-refractivity contribution in [3.8, 4) is 0 Å². The Morgan fingerprint density at radius 3 is 2.38 bits per heavy atom. The molecule has 2 aromatic carbocycles. The molecule has 1 amide bonds. The third-order valence-corrected chi connectivity index (χ3v) is 7.65. The number of hydrogen-bond donors (Lipinski definition) is 1. The Bertz CT molecular complexity index is 961. The maximum Gasteiger partial charge on any atom is 0.224 e. The van der Waals surface area contributed by atoms with Crippen molar-refractivity contribution in [3.05, 3.63) is 68.7 Å². The summed E-state index contributed by atoms with van der Waals surface area (Å²) in [6.45, 7) is 0.900. The van der Waals surface area contributed by atoms with Gasteiger partial charge in [0.15, 0.2) is 0 Å². The molecule has 1 atom stereocenters. The molecule has 3 rings (SSSR count). The Kier molecular flexibility index (Phi) is 7.46. The van der Waals surface area contributed by atoms with Crippen LogP contribution < -0.4 is 5.32 Å². The quantitative estimate of drug-likeness (QED) is 0.669. The minimum absolute atomic E-state index is 0.150. The van der Waals surface area contributed by atoms with Gasteiger partial charge >= 0.3 is 0 Å².